The fourth-order valence-corrected chi connectivity index (χ4v) is 2.88. The molecule has 2 rings (SSSR count). The van der Waals surface area contributed by atoms with E-state index in [0.29, 0.717) is 26.2 Å². The zero-order valence-electron chi connectivity index (χ0n) is 15.6. The molecule has 0 bridgehead atoms. The normalized spacial score (nSPS) is 12.3. The Morgan fingerprint density at radius 2 is 1.88 bits per heavy atom. The van der Waals surface area contributed by atoms with Gasteiger partial charge >= 0.3 is 0 Å². The second-order valence-electron chi connectivity index (χ2n) is 6.71. The van der Waals surface area contributed by atoms with Crippen LogP contribution in [0.1, 0.15) is 22.3 Å². The lowest BCUT2D eigenvalue weighted by Gasteiger charge is -2.26. The lowest BCUT2D eigenvalue weighted by molar-refractivity contribution is 0.0228. The summed E-state index contributed by atoms with van der Waals surface area (Å²) in [6.45, 7) is 10.3. The standard InChI is InChI=1S/C22H28FNO2/c1-4-11-26-16-22(25)15-24(13-19-7-9-21(23)10-8-19)14-20-12-17(2)5-6-18(20)3/h4-10,12,22,25H,1,11,13-16H2,2-3H3/t22-/m0/s1. The molecule has 0 unspecified atom stereocenters. The molecule has 0 spiro atoms. The minimum Gasteiger partial charge on any atom is -0.389 e. The SMILES string of the molecule is C=CCOC[C@@H](O)CN(Cc1ccc(F)cc1)Cc1cc(C)ccc1C. The zero-order chi connectivity index (χ0) is 18.9. The smallest absolute Gasteiger partial charge is 0.123 e. The molecule has 0 fully saturated rings. The number of halogens is 1. The van der Waals surface area contributed by atoms with Gasteiger partial charge < -0.3 is 9.84 Å². The Labute approximate surface area is 155 Å². The molecule has 4 heteroatoms. The van der Waals surface area contributed by atoms with Gasteiger partial charge in [-0.05, 0) is 42.7 Å². The molecule has 2 aromatic carbocycles. The van der Waals surface area contributed by atoms with Crippen LogP contribution in [0.5, 0.6) is 0 Å². The first-order chi connectivity index (χ1) is 12.5. The minimum absolute atomic E-state index is 0.243. The van der Waals surface area contributed by atoms with Gasteiger partial charge in [0.1, 0.15) is 5.82 Å². The number of aliphatic hydroxyl groups excluding tert-OH is 1. The summed E-state index contributed by atoms with van der Waals surface area (Å²) in [5.41, 5.74) is 4.67. The third-order valence-corrected chi connectivity index (χ3v) is 4.23. The van der Waals surface area contributed by atoms with Crippen LogP contribution in [-0.2, 0) is 17.8 Å². The van der Waals surface area contributed by atoms with Crippen LogP contribution < -0.4 is 0 Å². The van der Waals surface area contributed by atoms with Crippen molar-refractivity contribution >= 4 is 0 Å². The summed E-state index contributed by atoms with van der Waals surface area (Å²) in [7, 11) is 0. The molecular formula is C22H28FNO2. The van der Waals surface area contributed by atoms with Crippen LogP contribution in [0.25, 0.3) is 0 Å². The first kappa shape index (κ1) is 20.3. The van der Waals surface area contributed by atoms with E-state index >= 15 is 0 Å². The summed E-state index contributed by atoms with van der Waals surface area (Å²) in [4.78, 5) is 2.16. The van der Waals surface area contributed by atoms with Crippen LogP contribution in [0, 0.1) is 19.7 Å². The summed E-state index contributed by atoms with van der Waals surface area (Å²) in [6, 6.07) is 12.9. The number of hydrogen-bond acceptors (Lipinski definition) is 3. The predicted molar refractivity (Wildman–Crippen MR) is 103 cm³/mol. The predicted octanol–water partition coefficient (Wildman–Crippen LogP) is 4.01. The maximum Gasteiger partial charge on any atom is 0.123 e. The Morgan fingerprint density at radius 1 is 1.15 bits per heavy atom. The van der Waals surface area contributed by atoms with Crippen LogP contribution >= 0.6 is 0 Å². The Bertz CT molecular complexity index is 700. The second kappa shape index (κ2) is 10.2. The highest BCUT2D eigenvalue weighted by atomic mass is 19.1. The molecule has 2 aromatic rings. The van der Waals surface area contributed by atoms with Gasteiger partial charge in [0.05, 0.1) is 19.3 Å². The highest BCUT2D eigenvalue weighted by Gasteiger charge is 2.14. The van der Waals surface area contributed by atoms with Gasteiger partial charge in [-0.15, -0.1) is 6.58 Å². The quantitative estimate of drug-likeness (QED) is 0.515. The van der Waals surface area contributed by atoms with Crippen molar-refractivity contribution in [3.05, 3.63) is 83.2 Å². The first-order valence-corrected chi connectivity index (χ1v) is 8.87. The van der Waals surface area contributed by atoms with Crippen molar-refractivity contribution in [2.45, 2.75) is 33.0 Å². The monoisotopic (exact) mass is 357 g/mol. The number of nitrogens with zero attached hydrogens (tertiary/aromatic N) is 1. The molecular weight excluding hydrogens is 329 g/mol. The molecule has 0 amide bonds. The van der Waals surface area contributed by atoms with Crippen LogP contribution in [0.4, 0.5) is 4.39 Å². The first-order valence-electron chi connectivity index (χ1n) is 8.87. The number of aryl methyl sites for hydroxylation is 2. The lowest BCUT2D eigenvalue weighted by atomic mass is 10.0. The van der Waals surface area contributed by atoms with Crippen molar-refractivity contribution in [1.29, 1.82) is 0 Å². The van der Waals surface area contributed by atoms with Crippen LogP contribution in [0.3, 0.4) is 0 Å². The van der Waals surface area contributed by atoms with Gasteiger partial charge in [0.2, 0.25) is 0 Å². The van der Waals surface area contributed by atoms with Crippen LogP contribution in [0.2, 0.25) is 0 Å². The molecule has 1 atom stereocenters. The largest absolute Gasteiger partial charge is 0.389 e. The van der Waals surface area contributed by atoms with Crippen molar-refractivity contribution < 1.29 is 14.2 Å². The molecule has 1 N–H and O–H groups in total. The molecule has 26 heavy (non-hydrogen) atoms. The van der Waals surface area contributed by atoms with E-state index in [4.69, 9.17) is 4.74 Å². The number of aliphatic hydroxyl groups is 1. The molecule has 0 aromatic heterocycles. The summed E-state index contributed by atoms with van der Waals surface area (Å²) in [5.74, 6) is -0.243. The van der Waals surface area contributed by atoms with Gasteiger partial charge in [-0.3, -0.25) is 4.90 Å². The molecule has 0 aliphatic carbocycles. The molecule has 0 saturated heterocycles. The second-order valence-corrected chi connectivity index (χ2v) is 6.71. The van der Waals surface area contributed by atoms with E-state index in [-0.39, 0.29) is 12.4 Å². The molecule has 0 aliphatic heterocycles. The van der Waals surface area contributed by atoms with Crippen LogP contribution in [0.15, 0.2) is 55.1 Å². The Balaban J connectivity index is 2.10. The van der Waals surface area contributed by atoms with Gasteiger partial charge in [-0.25, -0.2) is 4.39 Å². The average molecular weight is 357 g/mol. The van der Waals surface area contributed by atoms with Crippen molar-refractivity contribution in [3.8, 4) is 0 Å². The summed E-state index contributed by atoms with van der Waals surface area (Å²) >= 11 is 0. The fourth-order valence-electron chi connectivity index (χ4n) is 2.88. The van der Waals surface area contributed by atoms with Crippen LogP contribution in [-0.4, -0.2) is 35.9 Å². The minimum atomic E-state index is -0.597. The molecule has 140 valence electrons. The van der Waals surface area contributed by atoms with E-state index in [1.165, 1.54) is 28.8 Å². The third-order valence-electron chi connectivity index (χ3n) is 4.23. The Hall–Kier alpha value is -2.01. The number of hydrogen-bond donors (Lipinski definition) is 1. The van der Waals surface area contributed by atoms with Crippen molar-refractivity contribution in [1.82, 2.24) is 4.90 Å². The number of rotatable bonds is 10. The third kappa shape index (κ3) is 6.71. The Kier molecular flexibility index (Phi) is 7.98. The van der Waals surface area contributed by atoms with Crippen molar-refractivity contribution in [2.75, 3.05) is 19.8 Å². The summed E-state index contributed by atoms with van der Waals surface area (Å²) in [5, 5.41) is 10.3. The zero-order valence-corrected chi connectivity index (χ0v) is 15.6. The van der Waals surface area contributed by atoms with Gasteiger partial charge in [-0.2, -0.15) is 0 Å². The summed E-state index contributed by atoms with van der Waals surface area (Å²) < 4.78 is 18.5. The highest BCUT2D eigenvalue weighted by Crippen LogP contribution is 2.16. The molecule has 0 heterocycles. The number of ether oxygens (including phenoxy) is 1. The van der Waals surface area contributed by atoms with E-state index < -0.39 is 6.10 Å². The highest BCUT2D eigenvalue weighted by molar-refractivity contribution is 5.30. The van der Waals surface area contributed by atoms with E-state index in [1.807, 2.05) is 0 Å². The molecule has 0 saturated carbocycles. The van der Waals surface area contributed by atoms with E-state index in [0.717, 1.165) is 5.56 Å². The maximum atomic E-state index is 13.2. The van der Waals surface area contributed by atoms with Gasteiger partial charge in [-0.1, -0.05) is 42.0 Å². The van der Waals surface area contributed by atoms with Gasteiger partial charge in [0.15, 0.2) is 0 Å². The Morgan fingerprint density at radius 3 is 2.58 bits per heavy atom. The maximum absolute atomic E-state index is 13.2. The van der Waals surface area contributed by atoms with Gasteiger partial charge in [0, 0.05) is 19.6 Å². The number of benzene rings is 2. The van der Waals surface area contributed by atoms with Crippen molar-refractivity contribution in [2.24, 2.45) is 0 Å². The molecule has 0 aliphatic rings. The molecule has 0 radical (unpaired) electrons. The van der Waals surface area contributed by atoms with E-state index in [2.05, 4.69) is 43.5 Å². The van der Waals surface area contributed by atoms with E-state index in [1.54, 1.807) is 18.2 Å². The van der Waals surface area contributed by atoms with E-state index in [9.17, 15) is 9.50 Å². The van der Waals surface area contributed by atoms with Crippen molar-refractivity contribution in [3.63, 3.8) is 0 Å². The average Bonchev–Trinajstić information content (AvgIpc) is 2.60. The summed E-state index contributed by atoms with van der Waals surface area (Å²) in [6.07, 6.45) is 1.07. The van der Waals surface area contributed by atoms with Gasteiger partial charge in [0.25, 0.3) is 0 Å². The molecule has 3 nitrogen and oxygen atoms in total. The fraction of sp³-hybridized carbons (Fsp3) is 0.364. The lowest BCUT2D eigenvalue weighted by Crippen LogP contribution is -2.34. The topological polar surface area (TPSA) is 32.7 Å².